The van der Waals surface area contributed by atoms with E-state index in [1.807, 2.05) is 18.2 Å². The number of nitrogens with zero attached hydrogens (tertiary/aromatic N) is 2. The minimum absolute atomic E-state index is 0.0354. The molecule has 37 heavy (non-hydrogen) atoms. The van der Waals surface area contributed by atoms with Gasteiger partial charge >= 0.3 is 5.97 Å². The number of methoxy groups -OCH3 is 1. The van der Waals surface area contributed by atoms with Crippen LogP contribution in [0.25, 0.3) is 6.08 Å². The lowest BCUT2D eigenvalue weighted by molar-refractivity contribution is -0.139. The number of aromatic nitrogens is 1. The maximum atomic E-state index is 13.9. The van der Waals surface area contributed by atoms with Crippen LogP contribution in [0.15, 0.2) is 57.5 Å². The molecule has 1 aromatic heterocycles. The summed E-state index contributed by atoms with van der Waals surface area (Å²) in [6, 6.07) is 10.00. The van der Waals surface area contributed by atoms with Crippen LogP contribution in [0.1, 0.15) is 31.0 Å². The first-order valence-electron chi connectivity index (χ1n) is 11.2. The fraction of sp³-hybridized carbons (Fsp3) is 0.222. The van der Waals surface area contributed by atoms with Crippen molar-refractivity contribution < 1.29 is 19.0 Å². The van der Waals surface area contributed by atoms with E-state index in [-0.39, 0.29) is 24.3 Å². The van der Waals surface area contributed by atoms with Gasteiger partial charge in [0, 0.05) is 14.2 Å². The summed E-state index contributed by atoms with van der Waals surface area (Å²) in [7, 11) is 1.54. The van der Waals surface area contributed by atoms with Crippen LogP contribution in [0.5, 0.6) is 11.5 Å². The lowest BCUT2D eigenvalue weighted by Gasteiger charge is -2.25. The Morgan fingerprint density at radius 2 is 2.11 bits per heavy atom. The Hall–Kier alpha value is -3.07. The van der Waals surface area contributed by atoms with Gasteiger partial charge in [0.2, 0.25) is 0 Å². The quantitative estimate of drug-likeness (QED) is 0.219. The Labute approximate surface area is 236 Å². The van der Waals surface area contributed by atoms with Crippen LogP contribution in [-0.4, -0.2) is 30.9 Å². The lowest BCUT2D eigenvalue weighted by Crippen LogP contribution is -2.40. The highest BCUT2D eigenvalue weighted by molar-refractivity contribution is 14.1. The molecule has 10 heteroatoms. The summed E-state index contributed by atoms with van der Waals surface area (Å²) in [6.45, 7) is 3.67. The first-order valence-corrected chi connectivity index (χ1v) is 13.5. The molecule has 0 saturated carbocycles. The number of fused-ring (bicyclic) bond motifs is 1. The van der Waals surface area contributed by atoms with E-state index < -0.39 is 12.0 Å². The van der Waals surface area contributed by atoms with Gasteiger partial charge in [0.1, 0.15) is 12.6 Å². The summed E-state index contributed by atoms with van der Waals surface area (Å²) in [5, 5.41) is 0.422. The second-order valence-corrected chi connectivity index (χ2v) is 10.5. The minimum atomic E-state index is -0.797. The Morgan fingerprint density at radius 1 is 1.35 bits per heavy atom. The maximum absolute atomic E-state index is 13.9. The van der Waals surface area contributed by atoms with Crippen molar-refractivity contribution in [2.75, 3.05) is 20.3 Å². The van der Waals surface area contributed by atoms with Gasteiger partial charge in [-0.2, -0.15) is 0 Å². The zero-order valence-electron chi connectivity index (χ0n) is 20.2. The molecule has 0 spiro atoms. The summed E-state index contributed by atoms with van der Waals surface area (Å²) in [5.74, 6) is 2.83. The largest absolute Gasteiger partial charge is 0.493 e. The van der Waals surface area contributed by atoms with Crippen molar-refractivity contribution in [2.45, 2.75) is 19.9 Å². The third-order valence-corrected chi connectivity index (χ3v) is 7.52. The Balaban J connectivity index is 1.99. The van der Waals surface area contributed by atoms with Crippen LogP contribution in [0.3, 0.4) is 0 Å². The zero-order valence-corrected chi connectivity index (χ0v) is 23.9. The minimum Gasteiger partial charge on any atom is -0.493 e. The standard InChI is InChI=1S/C27H22ClIN2O5S/c1-5-11-36-24-16(12-17(29)14-20(24)34-4)13-21-25(32)31-23(18-9-7-8-10-19(18)28)22(26(33)35-6-2)15(3)30-27(31)37-21/h1,7-10,12-14,23H,6,11H2,2-4H3/b21-13-/t23-/m1/s1. The third-order valence-electron chi connectivity index (χ3n) is 5.57. The van der Waals surface area contributed by atoms with Crippen LogP contribution >= 0.6 is 45.5 Å². The van der Waals surface area contributed by atoms with Gasteiger partial charge in [0.25, 0.3) is 5.56 Å². The van der Waals surface area contributed by atoms with Gasteiger partial charge in [0.05, 0.1) is 29.5 Å². The highest BCUT2D eigenvalue weighted by Crippen LogP contribution is 2.35. The van der Waals surface area contributed by atoms with E-state index in [9.17, 15) is 9.59 Å². The number of esters is 1. The van der Waals surface area contributed by atoms with Gasteiger partial charge in [0.15, 0.2) is 16.3 Å². The van der Waals surface area contributed by atoms with Crippen LogP contribution in [0, 0.1) is 15.9 Å². The van der Waals surface area contributed by atoms with Crippen molar-refractivity contribution >= 4 is 57.6 Å². The predicted molar refractivity (Wildman–Crippen MR) is 152 cm³/mol. The number of hydrogen-bond donors (Lipinski definition) is 0. The highest BCUT2D eigenvalue weighted by atomic mass is 127. The maximum Gasteiger partial charge on any atom is 0.338 e. The number of thiazole rings is 1. The van der Waals surface area contributed by atoms with Crippen LogP contribution in [0.2, 0.25) is 5.02 Å². The van der Waals surface area contributed by atoms with Gasteiger partial charge in [-0.25, -0.2) is 9.79 Å². The van der Waals surface area contributed by atoms with E-state index in [1.54, 1.807) is 38.1 Å². The van der Waals surface area contributed by atoms with Gasteiger partial charge in [-0.15, -0.1) is 6.42 Å². The van der Waals surface area contributed by atoms with Gasteiger partial charge in [-0.1, -0.05) is 47.1 Å². The topological polar surface area (TPSA) is 79.1 Å². The van der Waals surface area contributed by atoms with Crippen molar-refractivity contribution in [1.29, 1.82) is 0 Å². The summed E-state index contributed by atoms with van der Waals surface area (Å²) >= 11 is 9.92. The number of allylic oxidation sites excluding steroid dienone is 1. The summed E-state index contributed by atoms with van der Waals surface area (Å²) in [6.07, 6.45) is 7.12. The Morgan fingerprint density at radius 3 is 2.78 bits per heavy atom. The molecule has 1 aliphatic rings. The molecular weight excluding hydrogens is 627 g/mol. The molecule has 0 bridgehead atoms. The number of hydrogen-bond acceptors (Lipinski definition) is 7. The molecule has 2 heterocycles. The predicted octanol–water partition coefficient (Wildman–Crippen LogP) is 4.08. The number of carbonyl (C=O) groups is 1. The molecular formula is C27H22ClIN2O5S. The van der Waals surface area contributed by atoms with Crippen LogP contribution < -0.4 is 24.4 Å². The number of carbonyl (C=O) groups excluding carboxylic acids is 1. The molecule has 1 atom stereocenters. The normalized spacial score (nSPS) is 15.0. The third kappa shape index (κ3) is 5.32. The SMILES string of the molecule is C#CCOc1c(/C=c2\sc3n(c2=O)[C@H](c2ccccc2Cl)C(C(=O)OCC)=C(C)N=3)cc(I)cc1OC. The monoisotopic (exact) mass is 648 g/mol. The number of ether oxygens (including phenoxy) is 3. The molecule has 0 N–H and O–H groups in total. The molecule has 3 aromatic rings. The van der Waals surface area contributed by atoms with E-state index in [1.165, 1.54) is 23.0 Å². The second kappa shape index (κ2) is 11.5. The number of benzene rings is 2. The molecule has 0 amide bonds. The molecule has 4 rings (SSSR count). The lowest BCUT2D eigenvalue weighted by atomic mass is 9.96. The average molecular weight is 649 g/mol. The molecule has 0 unspecified atom stereocenters. The van der Waals surface area contributed by atoms with Crippen molar-refractivity contribution in [3.05, 3.63) is 87.1 Å². The summed E-state index contributed by atoms with van der Waals surface area (Å²) in [5.41, 5.74) is 1.62. The van der Waals surface area contributed by atoms with Crippen molar-refractivity contribution in [3.8, 4) is 23.8 Å². The van der Waals surface area contributed by atoms with Crippen molar-refractivity contribution in [1.82, 2.24) is 4.57 Å². The number of halogens is 2. The average Bonchev–Trinajstić information content (AvgIpc) is 3.17. The first-order chi connectivity index (χ1) is 17.8. The first kappa shape index (κ1) is 27.0. The van der Waals surface area contributed by atoms with Gasteiger partial charge < -0.3 is 14.2 Å². The number of terminal acetylenes is 1. The molecule has 190 valence electrons. The second-order valence-electron chi connectivity index (χ2n) is 7.84. The zero-order chi connectivity index (χ0) is 26.7. The number of rotatable bonds is 7. The molecule has 2 aromatic carbocycles. The van der Waals surface area contributed by atoms with Crippen LogP contribution in [0.4, 0.5) is 0 Å². The van der Waals surface area contributed by atoms with E-state index in [4.69, 9.17) is 32.2 Å². The fourth-order valence-electron chi connectivity index (χ4n) is 4.04. The molecule has 0 aliphatic carbocycles. The van der Waals surface area contributed by atoms with E-state index in [2.05, 4.69) is 33.5 Å². The van der Waals surface area contributed by atoms with Crippen molar-refractivity contribution in [2.24, 2.45) is 4.99 Å². The van der Waals surface area contributed by atoms with Crippen molar-refractivity contribution in [3.63, 3.8) is 0 Å². The molecule has 7 nitrogen and oxygen atoms in total. The van der Waals surface area contributed by atoms with E-state index in [0.717, 1.165) is 3.57 Å². The summed E-state index contributed by atoms with van der Waals surface area (Å²) in [4.78, 5) is 31.9. The van der Waals surface area contributed by atoms with Crippen LogP contribution in [-0.2, 0) is 9.53 Å². The Bertz CT molecular complexity index is 1630. The molecule has 1 aliphatic heterocycles. The van der Waals surface area contributed by atoms with E-state index >= 15 is 0 Å². The smallest absolute Gasteiger partial charge is 0.338 e. The van der Waals surface area contributed by atoms with Gasteiger partial charge in [-0.05, 0) is 66.3 Å². The fourth-order valence-corrected chi connectivity index (χ4v) is 5.93. The molecule has 0 saturated heterocycles. The van der Waals surface area contributed by atoms with Gasteiger partial charge in [-0.3, -0.25) is 9.36 Å². The molecule has 0 fully saturated rings. The summed E-state index contributed by atoms with van der Waals surface area (Å²) < 4.78 is 19.3. The van der Waals surface area contributed by atoms with E-state index in [0.29, 0.717) is 42.7 Å². The molecule has 0 radical (unpaired) electrons. The highest BCUT2D eigenvalue weighted by Gasteiger charge is 2.34. The Kier molecular flexibility index (Phi) is 8.42.